The maximum atomic E-state index is 13.7. The number of aryl methyl sites for hydroxylation is 5. The van der Waals surface area contributed by atoms with Crippen molar-refractivity contribution in [2.45, 2.75) is 53.5 Å². The molecule has 6 heteroatoms. The average molecular weight is 452 g/mol. The molecule has 0 saturated carbocycles. The van der Waals surface area contributed by atoms with Gasteiger partial charge >= 0.3 is 0 Å². The third-order valence-electron chi connectivity index (χ3n) is 6.43. The summed E-state index contributed by atoms with van der Waals surface area (Å²) in [4.78, 5) is 24.9. The van der Waals surface area contributed by atoms with Gasteiger partial charge in [0.25, 0.3) is 5.95 Å². The molecule has 0 radical (unpaired) electrons. The van der Waals surface area contributed by atoms with Gasteiger partial charge in [0.05, 0.1) is 12.2 Å². The second-order valence-corrected chi connectivity index (χ2v) is 9.32. The molecule has 3 heterocycles. The Morgan fingerprint density at radius 3 is 2.26 bits per heavy atom. The van der Waals surface area contributed by atoms with E-state index in [1.165, 1.54) is 11.1 Å². The lowest BCUT2D eigenvalue weighted by Crippen LogP contribution is -2.38. The molecular formula is C28H29N5O. The topological polar surface area (TPSA) is 63.9 Å². The van der Waals surface area contributed by atoms with Crippen LogP contribution in [0.15, 0.2) is 54.6 Å². The lowest BCUT2D eigenvalue weighted by molar-refractivity contribution is -0.119. The van der Waals surface area contributed by atoms with Gasteiger partial charge in [-0.15, -0.1) is 0 Å². The van der Waals surface area contributed by atoms with Crippen LogP contribution in [0, 0.1) is 34.6 Å². The Morgan fingerprint density at radius 1 is 0.882 bits per heavy atom. The number of fused-ring (bicyclic) bond motifs is 1. The molecular weight excluding hydrogens is 422 g/mol. The Bertz CT molecular complexity index is 1370. The quantitative estimate of drug-likeness (QED) is 0.424. The first-order chi connectivity index (χ1) is 16.3. The highest BCUT2D eigenvalue weighted by Gasteiger charge is 2.38. The smallest absolute Gasteiger partial charge is 0.252 e. The van der Waals surface area contributed by atoms with E-state index in [0.29, 0.717) is 18.9 Å². The van der Waals surface area contributed by atoms with Crippen molar-refractivity contribution >= 4 is 11.7 Å². The van der Waals surface area contributed by atoms with Crippen molar-refractivity contribution in [3.05, 3.63) is 99.5 Å². The van der Waals surface area contributed by atoms with Crippen LogP contribution in [-0.2, 0) is 11.3 Å². The van der Waals surface area contributed by atoms with Gasteiger partial charge in [0.1, 0.15) is 5.82 Å². The van der Waals surface area contributed by atoms with Crippen LogP contribution in [0.3, 0.4) is 0 Å². The highest BCUT2D eigenvalue weighted by Crippen LogP contribution is 2.43. The van der Waals surface area contributed by atoms with E-state index >= 15 is 0 Å². The molecule has 0 spiro atoms. The number of benzene rings is 2. The van der Waals surface area contributed by atoms with Crippen molar-refractivity contribution in [3.63, 3.8) is 0 Å². The van der Waals surface area contributed by atoms with Gasteiger partial charge < -0.3 is 0 Å². The molecule has 0 N–H and O–H groups in total. The Morgan fingerprint density at radius 2 is 1.59 bits per heavy atom. The molecule has 2 aromatic carbocycles. The van der Waals surface area contributed by atoms with Gasteiger partial charge in [-0.2, -0.15) is 9.78 Å². The number of carbonyl (C=O) groups is 1. The number of anilines is 1. The third-order valence-corrected chi connectivity index (χ3v) is 6.43. The molecule has 34 heavy (non-hydrogen) atoms. The van der Waals surface area contributed by atoms with Gasteiger partial charge in [0.2, 0.25) is 5.91 Å². The molecule has 6 nitrogen and oxygen atoms in total. The van der Waals surface area contributed by atoms with E-state index < -0.39 is 0 Å². The lowest BCUT2D eigenvalue weighted by atomic mass is 9.84. The van der Waals surface area contributed by atoms with Gasteiger partial charge in [0, 0.05) is 29.3 Å². The monoisotopic (exact) mass is 451 g/mol. The molecule has 1 aliphatic rings. The van der Waals surface area contributed by atoms with Crippen LogP contribution in [-0.4, -0.2) is 25.7 Å². The number of hydrogen-bond acceptors (Lipinski definition) is 4. The molecule has 172 valence electrons. The van der Waals surface area contributed by atoms with Gasteiger partial charge in [-0.05, 0) is 51.8 Å². The summed E-state index contributed by atoms with van der Waals surface area (Å²) in [6.45, 7) is 10.5. The van der Waals surface area contributed by atoms with Crippen molar-refractivity contribution < 1.29 is 4.79 Å². The molecule has 0 saturated heterocycles. The zero-order valence-corrected chi connectivity index (χ0v) is 20.3. The summed E-state index contributed by atoms with van der Waals surface area (Å²) in [7, 11) is 0. The maximum Gasteiger partial charge on any atom is 0.252 e. The number of hydrogen-bond donors (Lipinski definition) is 0. The zero-order chi connectivity index (χ0) is 24.0. The minimum Gasteiger partial charge on any atom is -0.292 e. The summed E-state index contributed by atoms with van der Waals surface area (Å²) in [5.41, 5.74) is 8.27. The Balaban J connectivity index is 1.71. The summed E-state index contributed by atoms with van der Waals surface area (Å²) in [6.07, 6.45) is 0.405. The molecule has 5 rings (SSSR count). The fourth-order valence-corrected chi connectivity index (χ4v) is 4.88. The van der Waals surface area contributed by atoms with Crippen LogP contribution in [0.4, 0.5) is 5.82 Å². The summed E-state index contributed by atoms with van der Waals surface area (Å²) >= 11 is 0. The van der Waals surface area contributed by atoms with Crippen LogP contribution in [0.25, 0.3) is 5.95 Å². The number of nitrogens with zero attached hydrogens (tertiary/aromatic N) is 5. The van der Waals surface area contributed by atoms with Crippen LogP contribution in [0.5, 0.6) is 0 Å². The number of amides is 1. The minimum atomic E-state index is -0.0588. The Hall–Kier alpha value is -3.80. The SMILES string of the molecule is Cc1ccc(C2CC(=O)N(Cc3cccc(C)c3)c3c2c(C)nn3-c2nc(C)cc(C)n2)cc1. The minimum absolute atomic E-state index is 0.0588. The molecule has 0 aliphatic carbocycles. The third kappa shape index (κ3) is 4.00. The Labute approximate surface area is 200 Å². The molecule has 1 amide bonds. The maximum absolute atomic E-state index is 13.7. The summed E-state index contributed by atoms with van der Waals surface area (Å²) < 4.78 is 1.76. The molecule has 1 atom stereocenters. The average Bonchev–Trinajstić information content (AvgIpc) is 3.13. The van der Waals surface area contributed by atoms with E-state index in [-0.39, 0.29) is 11.8 Å². The number of aromatic nitrogens is 4. The van der Waals surface area contributed by atoms with Crippen LogP contribution >= 0.6 is 0 Å². The Kier molecular flexibility index (Phi) is 5.52. The first kappa shape index (κ1) is 22.0. The predicted molar refractivity (Wildman–Crippen MR) is 133 cm³/mol. The highest BCUT2D eigenvalue weighted by atomic mass is 16.2. The normalized spacial score (nSPS) is 15.5. The van der Waals surface area contributed by atoms with Gasteiger partial charge in [0.15, 0.2) is 0 Å². The van der Waals surface area contributed by atoms with Crippen molar-refractivity contribution in [2.24, 2.45) is 0 Å². The summed E-state index contributed by atoms with van der Waals surface area (Å²) in [5.74, 6) is 1.28. The van der Waals surface area contributed by atoms with Crippen molar-refractivity contribution in [2.75, 3.05) is 4.90 Å². The molecule has 0 fully saturated rings. The van der Waals surface area contributed by atoms with E-state index in [2.05, 4.69) is 66.3 Å². The van der Waals surface area contributed by atoms with E-state index in [1.54, 1.807) is 4.68 Å². The van der Waals surface area contributed by atoms with Crippen molar-refractivity contribution in [1.82, 2.24) is 19.7 Å². The van der Waals surface area contributed by atoms with E-state index in [4.69, 9.17) is 5.10 Å². The summed E-state index contributed by atoms with van der Waals surface area (Å²) in [5, 5.41) is 4.88. The molecule has 2 aromatic heterocycles. The fourth-order valence-electron chi connectivity index (χ4n) is 4.88. The van der Waals surface area contributed by atoms with Crippen molar-refractivity contribution in [1.29, 1.82) is 0 Å². The number of carbonyl (C=O) groups excluding carboxylic acids is 1. The predicted octanol–water partition coefficient (Wildman–Crippen LogP) is 5.27. The zero-order valence-electron chi connectivity index (χ0n) is 20.3. The van der Waals surface area contributed by atoms with E-state index in [0.717, 1.165) is 39.6 Å². The largest absolute Gasteiger partial charge is 0.292 e. The molecule has 1 unspecified atom stereocenters. The van der Waals surface area contributed by atoms with Crippen LogP contribution in [0.1, 0.15) is 57.2 Å². The molecule has 1 aliphatic heterocycles. The first-order valence-electron chi connectivity index (χ1n) is 11.6. The van der Waals surface area contributed by atoms with Crippen LogP contribution in [0.2, 0.25) is 0 Å². The van der Waals surface area contributed by atoms with Crippen LogP contribution < -0.4 is 4.90 Å². The molecule has 4 aromatic rings. The standard InChI is InChI=1S/C28H29N5O/c1-17-9-11-23(12-10-17)24-15-25(34)32(16-22-8-6-7-18(2)13-22)27-26(24)21(5)31-33(27)28-29-19(3)14-20(4)30-28/h6-14,24H,15-16H2,1-5H3. The van der Waals surface area contributed by atoms with Crippen molar-refractivity contribution in [3.8, 4) is 5.95 Å². The number of rotatable bonds is 4. The van der Waals surface area contributed by atoms with Gasteiger partial charge in [-0.25, -0.2) is 9.97 Å². The fraction of sp³-hybridized carbons (Fsp3) is 0.286. The molecule has 0 bridgehead atoms. The highest BCUT2D eigenvalue weighted by molar-refractivity contribution is 5.97. The van der Waals surface area contributed by atoms with Gasteiger partial charge in [-0.1, -0.05) is 59.7 Å². The van der Waals surface area contributed by atoms with Gasteiger partial charge in [-0.3, -0.25) is 9.69 Å². The summed E-state index contributed by atoms with van der Waals surface area (Å²) in [6, 6.07) is 18.7. The van der Waals surface area contributed by atoms with E-state index in [1.807, 2.05) is 37.8 Å². The lowest BCUT2D eigenvalue weighted by Gasteiger charge is -2.33. The second kappa shape index (κ2) is 8.52. The van der Waals surface area contributed by atoms with E-state index in [9.17, 15) is 4.79 Å². The first-order valence-corrected chi connectivity index (χ1v) is 11.6. The second-order valence-electron chi connectivity index (χ2n) is 9.32.